The van der Waals surface area contributed by atoms with E-state index in [1.165, 1.54) is 11.3 Å². The van der Waals surface area contributed by atoms with Crippen LogP contribution in [0.3, 0.4) is 0 Å². The van der Waals surface area contributed by atoms with Crippen LogP contribution in [0.25, 0.3) is 0 Å². The molecule has 2 heterocycles. The number of carbonyl (C=O) groups is 1. The van der Waals surface area contributed by atoms with Gasteiger partial charge < -0.3 is 14.8 Å². The number of carbonyl (C=O) groups excluding carboxylic acids is 1. The minimum atomic E-state index is -0.718. The highest BCUT2D eigenvalue weighted by atomic mass is 32.1. The van der Waals surface area contributed by atoms with Crippen molar-refractivity contribution in [2.24, 2.45) is 0 Å². The number of nitrogens with one attached hydrogen (secondary N) is 2. The van der Waals surface area contributed by atoms with E-state index in [0.717, 1.165) is 11.3 Å². The molecular weight excluding hydrogens is 266 g/mol. The molecule has 1 unspecified atom stereocenters. The van der Waals surface area contributed by atoms with E-state index in [1.807, 2.05) is 16.8 Å². The van der Waals surface area contributed by atoms with Crippen molar-refractivity contribution in [2.75, 3.05) is 11.9 Å². The van der Waals surface area contributed by atoms with Gasteiger partial charge in [0, 0.05) is 6.54 Å². The van der Waals surface area contributed by atoms with Crippen molar-refractivity contribution >= 4 is 23.4 Å². The number of aliphatic hydroxyl groups is 1. The molecule has 0 bridgehead atoms. The van der Waals surface area contributed by atoms with Gasteiger partial charge in [-0.05, 0) is 36.2 Å². The highest BCUT2D eigenvalue weighted by Gasteiger charge is 2.12. The van der Waals surface area contributed by atoms with Crippen LogP contribution in [-0.2, 0) is 0 Å². The smallest absolute Gasteiger partial charge is 0.322 e. The molecule has 2 rings (SSSR count). The van der Waals surface area contributed by atoms with Crippen molar-refractivity contribution in [3.8, 4) is 0 Å². The zero-order chi connectivity index (χ0) is 13.8. The maximum atomic E-state index is 11.6. The molecule has 0 spiro atoms. The summed E-state index contributed by atoms with van der Waals surface area (Å²) in [6.45, 7) is 3.69. The minimum absolute atomic E-state index is 0.126. The number of amides is 2. The first-order valence-electron chi connectivity index (χ1n) is 5.75. The number of oxazole rings is 1. The highest BCUT2D eigenvalue weighted by molar-refractivity contribution is 7.07. The summed E-state index contributed by atoms with van der Waals surface area (Å²) in [7, 11) is 0. The number of hydrogen-bond donors (Lipinski definition) is 3. The van der Waals surface area contributed by atoms with E-state index < -0.39 is 12.1 Å². The Morgan fingerprint density at radius 2 is 2.37 bits per heavy atom. The second-order valence-electron chi connectivity index (χ2n) is 4.07. The highest BCUT2D eigenvalue weighted by Crippen LogP contribution is 2.15. The molecule has 0 aromatic carbocycles. The van der Waals surface area contributed by atoms with Gasteiger partial charge in [0.25, 0.3) is 0 Å². The standard InChI is InChI=1S/C12H15N3O3S/c1-7-8(2)18-12(14-7)15-11(17)13-5-10(16)9-3-4-19-6-9/h3-4,6,10,16H,5H2,1-2H3,(H2,13,14,15,17). The summed E-state index contributed by atoms with van der Waals surface area (Å²) < 4.78 is 5.22. The van der Waals surface area contributed by atoms with Crippen molar-refractivity contribution in [1.82, 2.24) is 10.3 Å². The molecule has 0 aliphatic rings. The topological polar surface area (TPSA) is 87.4 Å². The molecule has 0 fully saturated rings. The zero-order valence-electron chi connectivity index (χ0n) is 10.6. The van der Waals surface area contributed by atoms with Crippen LogP contribution in [0.5, 0.6) is 0 Å². The van der Waals surface area contributed by atoms with Gasteiger partial charge in [-0.3, -0.25) is 5.32 Å². The molecule has 7 heteroatoms. The number of aryl methyl sites for hydroxylation is 2. The fourth-order valence-corrected chi connectivity index (χ4v) is 2.15. The molecule has 3 N–H and O–H groups in total. The van der Waals surface area contributed by atoms with Crippen LogP contribution in [0.4, 0.5) is 10.8 Å². The molecule has 0 saturated carbocycles. The van der Waals surface area contributed by atoms with Gasteiger partial charge in [-0.1, -0.05) is 0 Å². The van der Waals surface area contributed by atoms with Crippen LogP contribution in [0.2, 0.25) is 0 Å². The van der Waals surface area contributed by atoms with Crippen LogP contribution in [0.15, 0.2) is 21.2 Å². The summed E-state index contributed by atoms with van der Waals surface area (Å²) in [5.41, 5.74) is 1.52. The quantitative estimate of drug-likeness (QED) is 0.801. The largest absolute Gasteiger partial charge is 0.428 e. The summed E-state index contributed by atoms with van der Waals surface area (Å²) in [6.07, 6.45) is -0.718. The lowest BCUT2D eigenvalue weighted by molar-refractivity contribution is 0.175. The normalized spacial score (nSPS) is 12.2. The number of aliphatic hydroxyl groups excluding tert-OH is 1. The number of rotatable bonds is 4. The minimum Gasteiger partial charge on any atom is -0.428 e. The second-order valence-corrected chi connectivity index (χ2v) is 4.85. The molecular formula is C12H15N3O3S. The van der Waals surface area contributed by atoms with E-state index >= 15 is 0 Å². The SMILES string of the molecule is Cc1nc(NC(=O)NCC(O)c2ccsc2)oc1C. The van der Waals surface area contributed by atoms with E-state index in [-0.39, 0.29) is 12.6 Å². The van der Waals surface area contributed by atoms with Gasteiger partial charge in [0.15, 0.2) is 0 Å². The lowest BCUT2D eigenvalue weighted by atomic mass is 10.2. The maximum Gasteiger partial charge on any atom is 0.322 e. The molecule has 2 aromatic heterocycles. The molecule has 0 radical (unpaired) electrons. The van der Waals surface area contributed by atoms with Crippen LogP contribution >= 0.6 is 11.3 Å². The molecule has 1 atom stereocenters. The summed E-state index contributed by atoms with van der Waals surface area (Å²) in [5.74, 6) is 0.661. The third-order valence-corrected chi connectivity index (χ3v) is 3.33. The molecule has 2 aromatic rings. The zero-order valence-corrected chi connectivity index (χ0v) is 11.5. The van der Waals surface area contributed by atoms with Gasteiger partial charge in [0.2, 0.25) is 0 Å². The number of nitrogens with zero attached hydrogens (tertiary/aromatic N) is 1. The first kappa shape index (κ1) is 13.6. The summed E-state index contributed by atoms with van der Waals surface area (Å²) >= 11 is 1.50. The predicted molar refractivity (Wildman–Crippen MR) is 72.3 cm³/mol. The van der Waals surface area contributed by atoms with Crippen molar-refractivity contribution < 1.29 is 14.3 Å². The lowest BCUT2D eigenvalue weighted by Gasteiger charge is -2.10. The Morgan fingerprint density at radius 1 is 1.58 bits per heavy atom. The van der Waals surface area contributed by atoms with Crippen LogP contribution in [0.1, 0.15) is 23.1 Å². The Bertz CT molecular complexity index is 531. The van der Waals surface area contributed by atoms with Gasteiger partial charge in [0.1, 0.15) is 5.76 Å². The first-order chi connectivity index (χ1) is 9.06. The van der Waals surface area contributed by atoms with Crippen molar-refractivity contribution in [2.45, 2.75) is 20.0 Å². The van der Waals surface area contributed by atoms with Crippen LogP contribution < -0.4 is 10.6 Å². The molecule has 2 amide bonds. The van der Waals surface area contributed by atoms with Crippen LogP contribution in [0, 0.1) is 13.8 Å². The number of hydrogen-bond acceptors (Lipinski definition) is 5. The molecule has 102 valence electrons. The van der Waals surface area contributed by atoms with E-state index in [9.17, 15) is 9.90 Å². The third-order valence-electron chi connectivity index (χ3n) is 2.63. The number of thiophene rings is 1. The lowest BCUT2D eigenvalue weighted by Crippen LogP contribution is -2.32. The molecule has 0 saturated heterocycles. The summed E-state index contributed by atoms with van der Waals surface area (Å²) in [4.78, 5) is 15.6. The Hall–Kier alpha value is -1.86. The third kappa shape index (κ3) is 3.55. The van der Waals surface area contributed by atoms with Gasteiger partial charge in [0.05, 0.1) is 11.8 Å². The van der Waals surface area contributed by atoms with Gasteiger partial charge in [-0.15, -0.1) is 0 Å². The number of anilines is 1. The molecule has 19 heavy (non-hydrogen) atoms. The van der Waals surface area contributed by atoms with Gasteiger partial charge in [-0.25, -0.2) is 4.79 Å². The number of aromatic nitrogens is 1. The van der Waals surface area contributed by atoms with E-state index in [2.05, 4.69) is 15.6 Å². The van der Waals surface area contributed by atoms with Crippen molar-refractivity contribution in [1.29, 1.82) is 0 Å². The molecule has 0 aliphatic carbocycles. The Morgan fingerprint density at radius 3 is 2.95 bits per heavy atom. The monoisotopic (exact) mass is 281 g/mol. The van der Waals surface area contributed by atoms with E-state index in [4.69, 9.17) is 4.42 Å². The predicted octanol–water partition coefficient (Wildman–Crippen LogP) is 2.21. The Kier molecular flexibility index (Phi) is 4.18. The summed E-state index contributed by atoms with van der Waals surface area (Å²) in [6, 6.07) is 1.50. The maximum absolute atomic E-state index is 11.6. The Balaban J connectivity index is 1.81. The fraction of sp³-hybridized carbons (Fsp3) is 0.333. The fourth-order valence-electron chi connectivity index (χ4n) is 1.44. The van der Waals surface area contributed by atoms with Gasteiger partial charge >= 0.3 is 12.0 Å². The van der Waals surface area contributed by atoms with Crippen molar-refractivity contribution in [3.05, 3.63) is 33.8 Å². The summed E-state index contributed by atoms with van der Waals surface area (Å²) in [5, 5.41) is 18.5. The van der Waals surface area contributed by atoms with E-state index in [0.29, 0.717) is 5.76 Å². The number of urea groups is 1. The average Bonchev–Trinajstić information content (AvgIpc) is 2.98. The average molecular weight is 281 g/mol. The second kappa shape index (κ2) is 5.85. The van der Waals surface area contributed by atoms with Gasteiger partial charge in [-0.2, -0.15) is 16.3 Å². The van der Waals surface area contributed by atoms with Crippen molar-refractivity contribution in [3.63, 3.8) is 0 Å². The Labute approximate surface area is 114 Å². The van der Waals surface area contributed by atoms with Crippen LogP contribution in [-0.4, -0.2) is 22.7 Å². The first-order valence-corrected chi connectivity index (χ1v) is 6.69. The molecule has 0 aliphatic heterocycles. The molecule has 6 nitrogen and oxygen atoms in total. The van der Waals surface area contributed by atoms with E-state index in [1.54, 1.807) is 13.8 Å².